The first kappa shape index (κ1) is 45.3. The largest absolute Gasteiger partial charge is 0.464 e. The van der Waals surface area contributed by atoms with Crippen molar-refractivity contribution in [2.45, 2.75) is 117 Å². The molecule has 14 heteroatoms. The van der Waals surface area contributed by atoms with Crippen LogP contribution < -0.4 is 16.1 Å². The van der Waals surface area contributed by atoms with E-state index in [-0.39, 0.29) is 48.8 Å². The van der Waals surface area contributed by atoms with Crippen LogP contribution in [0.2, 0.25) is 0 Å². The standard InChI is InChI=1S/C50H66N8O6/c1-9-57-41-17-16-33-27-37(41)38(45(57)36-13-10-18-52-43(36)31(4)63-8)28-50(5,6)29-64-49(62)39-14-11-21-58(54-39)47(60)40-25-32-23-34(33)26-35(24-32)51-19-22-56-20-12-15-42(56)48(61)55(7)44(30(2)3)46(59)53-40/h10,13,16-18,23-24,26-27,30-31,39-40,42,44,51,54H,9,11-12,14-15,19-22,25,28-29H2,1-8H3,(H,53,59)/t31-,39-,40-,42+,44-/m0/s1. The number of nitrogens with one attached hydrogen (secondary N) is 3. The van der Waals surface area contributed by atoms with Crippen molar-refractivity contribution in [3.8, 4) is 22.4 Å². The smallest absolute Gasteiger partial charge is 0.324 e. The minimum atomic E-state index is -1.01. The van der Waals surface area contributed by atoms with Crippen molar-refractivity contribution in [1.29, 1.82) is 0 Å². The minimum absolute atomic E-state index is 0.0886. The molecule has 3 amide bonds. The second kappa shape index (κ2) is 18.7. The van der Waals surface area contributed by atoms with E-state index in [2.05, 4.69) is 88.8 Å². The summed E-state index contributed by atoms with van der Waals surface area (Å²) in [6, 6.07) is 14.1. The number of amides is 3. The molecule has 0 aliphatic carbocycles. The van der Waals surface area contributed by atoms with Gasteiger partial charge in [0, 0.05) is 80.5 Å². The maximum absolute atomic E-state index is 14.8. The first-order valence-electron chi connectivity index (χ1n) is 23.2. The number of esters is 1. The number of rotatable bonds is 5. The number of carbonyl (C=O) groups excluding carboxylic acids is 4. The van der Waals surface area contributed by atoms with Gasteiger partial charge in [-0.1, -0.05) is 39.8 Å². The van der Waals surface area contributed by atoms with E-state index < -0.39 is 29.5 Å². The van der Waals surface area contributed by atoms with Crippen molar-refractivity contribution in [3.63, 3.8) is 0 Å². The first-order chi connectivity index (χ1) is 30.7. The van der Waals surface area contributed by atoms with Gasteiger partial charge in [0.05, 0.1) is 30.1 Å². The third kappa shape index (κ3) is 9.01. The summed E-state index contributed by atoms with van der Waals surface area (Å²) in [5.74, 6) is -1.48. The SMILES string of the molecule is CCn1c(-c2cccnc2[C@H](C)OC)c2c3cc(ccc31)-c1cc3cc(c1)NCCN1CCC[C@@H]1C(=O)N(C)[C@@H](C(C)C)C(=O)N[C@@H](C3)C(=O)N1CCC[C@H](N1)C(=O)OCC(C)(C)C2. The van der Waals surface area contributed by atoms with E-state index in [4.69, 9.17) is 14.5 Å². The highest BCUT2D eigenvalue weighted by Crippen LogP contribution is 2.42. The number of nitrogens with zero attached hydrogens (tertiary/aromatic N) is 5. The molecule has 2 saturated heterocycles. The number of methoxy groups -OCH3 is 1. The molecule has 14 nitrogen and oxygen atoms in total. The Labute approximate surface area is 377 Å². The second-order valence-electron chi connectivity index (χ2n) is 19.3. The van der Waals surface area contributed by atoms with Gasteiger partial charge < -0.3 is 29.6 Å². The van der Waals surface area contributed by atoms with Crippen LogP contribution in [0.15, 0.2) is 54.7 Å². The summed E-state index contributed by atoms with van der Waals surface area (Å²) in [7, 11) is 3.41. The van der Waals surface area contributed by atoms with Gasteiger partial charge in [-0.15, -0.1) is 0 Å². The molecule has 2 fully saturated rings. The molecule has 4 aromatic rings. The summed E-state index contributed by atoms with van der Waals surface area (Å²) in [4.78, 5) is 66.1. The maximum Gasteiger partial charge on any atom is 0.324 e. The fourth-order valence-electron chi connectivity index (χ4n) is 10.5. The third-order valence-electron chi connectivity index (χ3n) is 13.7. The lowest BCUT2D eigenvalue weighted by atomic mass is 9.84. The number of aryl methyl sites for hydroxylation is 1. The van der Waals surface area contributed by atoms with Gasteiger partial charge in [0.2, 0.25) is 11.8 Å². The van der Waals surface area contributed by atoms with Crippen LogP contribution in [-0.2, 0) is 48.0 Å². The molecule has 8 rings (SSSR count). The van der Waals surface area contributed by atoms with Crippen LogP contribution in [-0.4, -0.2) is 119 Å². The Bertz CT molecular complexity index is 2410. The van der Waals surface area contributed by atoms with E-state index in [0.29, 0.717) is 45.4 Å². The number of hydrogen-bond donors (Lipinski definition) is 3. The number of anilines is 1. The Morgan fingerprint density at radius 2 is 1.73 bits per heavy atom. The van der Waals surface area contributed by atoms with E-state index in [9.17, 15) is 19.2 Å². The average molecular weight is 875 g/mol. The van der Waals surface area contributed by atoms with Gasteiger partial charge in [-0.3, -0.25) is 34.1 Å². The van der Waals surface area contributed by atoms with Crippen molar-refractivity contribution in [1.82, 2.24) is 35.1 Å². The summed E-state index contributed by atoms with van der Waals surface area (Å²) in [6.45, 7) is 15.6. The molecule has 4 aliphatic heterocycles. The highest BCUT2D eigenvalue weighted by Gasteiger charge is 2.41. The van der Waals surface area contributed by atoms with E-state index >= 15 is 0 Å². The zero-order valence-electron chi connectivity index (χ0n) is 38.8. The van der Waals surface area contributed by atoms with E-state index in [1.54, 1.807) is 19.1 Å². The van der Waals surface area contributed by atoms with Gasteiger partial charge in [-0.2, -0.15) is 0 Å². The maximum atomic E-state index is 14.8. The number of ether oxygens (including phenoxy) is 2. The Morgan fingerprint density at radius 1 is 0.938 bits per heavy atom. The quantitative estimate of drug-likeness (QED) is 0.200. The van der Waals surface area contributed by atoms with Crippen molar-refractivity contribution in [2.75, 3.05) is 52.3 Å². The number of hydrogen-bond acceptors (Lipinski definition) is 10. The number of benzene rings is 2. The van der Waals surface area contributed by atoms with Gasteiger partial charge in [0.25, 0.3) is 5.91 Å². The van der Waals surface area contributed by atoms with Gasteiger partial charge in [-0.25, -0.2) is 5.43 Å². The van der Waals surface area contributed by atoms with Gasteiger partial charge in [-0.05, 0) is 117 Å². The molecule has 2 aromatic heterocycles. The molecule has 0 saturated carbocycles. The summed E-state index contributed by atoms with van der Waals surface area (Å²) in [5.41, 5.74) is 11.5. The minimum Gasteiger partial charge on any atom is -0.464 e. The number of likely N-dealkylation sites (N-methyl/N-ethyl adjacent to an activating group) is 1. The highest BCUT2D eigenvalue weighted by molar-refractivity contribution is 5.96. The Hall–Kier alpha value is -5.31. The van der Waals surface area contributed by atoms with Crippen molar-refractivity contribution >= 4 is 40.3 Å². The van der Waals surface area contributed by atoms with Crippen molar-refractivity contribution in [3.05, 3.63) is 71.5 Å². The number of cyclic esters (lactones) is 1. The lowest BCUT2D eigenvalue weighted by molar-refractivity contribution is -0.155. The molecule has 0 radical (unpaired) electrons. The summed E-state index contributed by atoms with van der Waals surface area (Å²) < 4.78 is 14.4. The summed E-state index contributed by atoms with van der Waals surface area (Å²) in [6.07, 6.45) is 5.02. The van der Waals surface area contributed by atoms with Crippen LogP contribution in [0.25, 0.3) is 33.3 Å². The molecule has 64 heavy (non-hydrogen) atoms. The van der Waals surface area contributed by atoms with Crippen LogP contribution in [0.4, 0.5) is 5.69 Å². The number of fused-ring (bicyclic) bond motifs is 8. The molecule has 8 bridgehead atoms. The fourth-order valence-corrected chi connectivity index (χ4v) is 10.5. The second-order valence-corrected chi connectivity index (χ2v) is 19.3. The molecule has 5 atom stereocenters. The molecule has 4 aliphatic rings. The Kier molecular flexibility index (Phi) is 13.2. The predicted molar refractivity (Wildman–Crippen MR) is 248 cm³/mol. The van der Waals surface area contributed by atoms with Crippen LogP contribution in [0, 0.1) is 11.3 Å². The summed E-state index contributed by atoms with van der Waals surface area (Å²) in [5, 5.41) is 9.38. The van der Waals surface area contributed by atoms with Crippen LogP contribution in [0.5, 0.6) is 0 Å². The first-order valence-corrected chi connectivity index (χ1v) is 23.2. The number of hydrazine groups is 1. The third-order valence-corrected chi connectivity index (χ3v) is 13.7. The number of carbonyl (C=O) groups is 4. The van der Waals surface area contributed by atoms with E-state index in [0.717, 1.165) is 75.2 Å². The highest BCUT2D eigenvalue weighted by atomic mass is 16.5. The van der Waals surface area contributed by atoms with E-state index in [1.165, 1.54) is 5.01 Å². The lowest BCUT2D eigenvalue weighted by Crippen LogP contribution is -2.62. The van der Waals surface area contributed by atoms with Gasteiger partial charge >= 0.3 is 5.97 Å². The van der Waals surface area contributed by atoms with Crippen LogP contribution >= 0.6 is 0 Å². The molecule has 0 unspecified atom stereocenters. The molecule has 2 aromatic carbocycles. The fraction of sp³-hybridized carbons (Fsp3) is 0.540. The van der Waals surface area contributed by atoms with Crippen molar-refractivity contribution in [2.24, 2.45) is 11.3 Å². The monoisotopic (exact) mass is 875 g/mol. The van der Waals surface area contributed by atoms with Crippen molar-refractivity contribution < 1.29 is 28.7 Å². The van der Waals surface area contributed by atoms with Gasteiger partial charge in [0.1, 0.15) is 18.1 Å². The normalized spacial score (nSPS) is 24.2. The zero-order chi connectivity index (χ0) is 45.4. The molecule has 0 spiro atoms. The molecular formula is C50H66N8O6. The Balaban J connectivity index is 1.32. The summed E-state index contributed by atoms with van der Waals surface area (Å²) >= 11 is 0. The van der Waals surface area contributed by atoms with Gasteiger partial charge in [0.15, 0.2) is 0 Å². The number of pyridine rings is 1. The number of aromatic nitrogens is 2. The Morgan fingerprint density at radius 3 is 2.50 bits per heavy atom. The molecule has 3 N–H and O–H groups in total. The van der Waals surface area contributed by atoms with Crippen LogP contribution in [0.1, 0.15) is 90.2 Å². The predicted octanol–water partition coefficient (Wildman–Crippen LogP) is 6.12. The molecular weight excluding hydrogens is 809 g/mol. The molecule has 6 heterocycles. The van der Waals surface area contributed by atoms with Crippen LogP contribution in [0.3, 0.4) is 0 Å². The average Bonchev–Trinajstić information content (AvgIpc) is 3.88. The molecule has 342 valence electrons. The zero-order valence-corrected chi connectivity index (χ0v) is 38.8. The topological polar surface area (TPSA) is 150 Å². The lowest BCUT2D eigenvalue weighted by Gasteiger charge is -2.37. The van der Waals surface area contributed by atoms with E-state index in [1.807, 2.05) is 33.0 Å².